The lowest BCUT2D eigenvalue weighted by molar-refractivity contribution is -0.146. The van der Waals surface area contributed by atoms with Gasteiger partial charge in [-0.05, 0) is 32.4 Å². The highest BCUT2D eigenvalue weighted by Crippen LogP contribution is 2.08. The van der Waals surface area contributed by atoms with E-state index in [1.807, 2.05) is 6.92 Å². The molecule has 0 aromatic carbocycles. The van der Waals surface area contributed by atoms with Gasteiger partial charge in [-0.1, -0.05) is 19.8 Å². The number of hydrazine groups is 1. The third-order valence-electron chi connectivity index (χ3n) is 3.09. The fourth-order valence-electron chi connectivity index (χ4n) is 1.97. The lowest BCUT2D eigenvalue weighted by Gasteiger charge is -2.27. The molecule has 0 saturated carbocycles. The van der Waals surface area contributed by atoms with E-state index < -0.39 is 0 Å². The van der Waals surface area contributed by atoms with Gasteiger partial charge in [-0.2, -0.15) is 0 Å². The first-order chi connectivity index (χ1) is 8.15. The number of carbonyl (C=O) groups excluding carboxylic acids is 2. The summed E-state index contributed by atoms with van der Waals surface area (Å²) in [7, 11) is 0. The Labute approximate surface area is 103 Å². The van der Waals surface area contributed by atoms with Crippen molar-refractivity contribution in [1.82, 2.24) is 9.91 Å². The predicted octanol–water partition coefficient (Wildman–Crippen LogP) is 0.891. The number of imide groups is 1. The second kappa shape index (κ2) is 7.40. The quantitative estimate of drug-likeness (QED) is 0.441. The topological polar surface area (TPSA) is 66.6 Å². The number of likely N-dealkylation sites (tertiary alicyclic amines) is 1. The van der Waals surface area contributed by atoms with Crippen LogP contribution in [0.25, 0.3) is 0 Å². The zero-order chi connectivity index (χ0) is 12.7. The summed E-state index contributed by atoms with van der Waals surface area (Å²) in [6.07, 6.45) is 5.55. The van der Waals surface area contributed by atoms with E-state index >= 15 is 0 Å². The molecule has 0 aromatic rings. The summed E-state index contributed by atoms with van der Waals surface area (Å²) in [4.78, 5) is 25.4. The predicted molar refractivity (Wildman–Crippen MR) is 65.9 cm³/mol. The van der Waals surface area contributed by atoms with Crippen molar-refractivity contribution in [3.63, 3.8) is 0 Å². The van der Waals surface area contributed by atoms with E-state index in [-0.39, 0.29) is 18.4 Å². The summed E-state index contributed by atoms with van der Waals surface area (Å²) in [5.41, 5.74) is 0. The van der Waals surface area contributed by atoms with Crippen LogP contribution in [0.1, 0.15) is 45.4 Å². The van der Waals surface area contributed by atoms with Gasteiger partial charge in [-0.3, -0.25) is 14.5 Å². The Balaban J connectivity index is 2.32. The molecule has 1 rings (SSSR count). The summed E-state index contributed by atoms with van der Waals surface area (Å²) in [5.74, 6) is 4.97. The summed E-state index contributed by atoms with van der Waals surface area (Å²) < 4.78 is 0. The highest BCUT2D eigenvalue weighted by molar-refractivity contribution is 5.95. The van der Waals surface area contributed by atoms with Crippen LogP contribution in [-0.4, -0.2) is 41.4 Å². The Hall–Kier alpha value is -0.940. The van der Waals surface area contributed by atoms with Crippen molar-refractivity contribution in [3.05, 3.63) is 0 Å². The van der Waals surface area contributed by atoms with Gasteiger partial charge in [0.05, 0.1) is 6.54 Å². The minimum atomic E-state index is -0.284. The van der Waals surface area contributed by atoms with Crippen LogP contribution >= 0.6 is 0 Å². The zero-order valence-electron chi connectivity index (χ0n) is 10.7. The summed E-state index contributed by atoms with van der Waals surface area (Å²) in [5, 5.41) is 0.796. The van der Waals surface area contributed by atoms with Crippen molar-refractivity contribution in [3.8, 4) is 0 Å². The fourth-order valence-corrected chi connectivity index (χ4v) is 1.97. The van der Waals surface area contributed by atoms with Gasteiger partial charge in [0.1, 0.15) is 0 Å². The van der Waals surface area contributed by atoms with Crippen LogP contribution in [0, 0.1) is 0 Å². The molecule has 98 valence electrons. The molecule has 5 nitrogen and oxygen atoms in total. The Morgan fingerprint density at radius 2 is 1.82 bits per heavy atom. The van der Waals surface area contributed by atoms with Crippen LogP contribution in [-0.2, 0) is 9.59 Å². The van der Waals surface area contributed by atoms with Gasteiger partial charge in [0.15, 0.2) is 0 Å². The molecule has 0 bridgehead atoms. The lowest BCUT2D eigenvalue weighted by Crippen LogP contribution is -2.48. The van der Waals surface area contributed by atoms with Crippen molar-refractivity contribution in [2.45, 2.75) is 45.4 Å². The van der Waals surface area contributed by atoms with E-state index in [1.54, 1.807) is 0 Å². The molecule has 1 heterocycles. The maximum absolute atomic E-state index is 11.8. The van der Waals surface area contributed by atoms with Crippen LogP contribution in [0.3, 0.4) is 0 Å². The molecule has 1 saturated heterocycles. The number of hydrogen-bond donors (Lipinski definition) is 1. The van der Waals surface area contributed by atoms with Gasteiger partial charge in [0.2, 0.25) is 5.91 Å². The largest absolute Gasteiger partial charge is 0.294 e. The van der Waals surface area contributed by atoms with E-state index in [0.29, 0.717) is 6.42 Å². The second-order valence-electron chi connectivity index (χ2n) is 4.60. The molecule has 0 spiro atoms. The van der Waals surface area contributed by atoms with Crippen molar-refractivity contribution in [2.24, 2.45) is 5.84 Å². The molecule has 0 unspecified atom stereocenters. The molecule has 2 amide bonds. The first-order valence-electron chi connectivity index (χ1n) is 6.48. The Morgan fingerprint density at radius 3 is 2.41 bits per heavy atom. The van der Waals surface area contributed by atoms with Gasteiger partial charge in [0.25, 0.3) is 5.91 Å². The zero-order valence-corrected chi connectivity index (χ0v) is 10.7. The molecule has 0 aliphatic carbocycles. The van der Waals surface area contributed by atoms with Crippen LogP contribution < -0.4 is 5.84 Å². The monoisotopic (exact) mass is 241 g/mol. The number of rotatable bonds is 5. The first kappa shape index (κ1) is 14.1. The van der Waals surface area contributed by atoms with E-state index in [1.165, 1.54) is 6.42 Å². The lowest BCUT2D eigenvalue weighted by atomic mass is 10.1. The molecule has 1 fully saturated rings. The molecule has 0 aromatic heterocycles. The number of hydrogen-bond acceptors (Lipinski definition) is 4. The molecular formula is C12H23N3O2. The second-order valence-corrected chi connectivity index (χ2v) is 4.60. The number of nitrogens with zero attached hydrogens (tertiary/aromatic N) is 2. The molecule has 5 heteroatoms. The number of carbonyl (C=O) groups is 2. The molecule has 1 aliphatic heterocycles. The SMILES string of the molecule is CCCCC(=O)N(N)C(=O)CN1CCCCC1. The van der Waals surface area contributed by atoms with Crippen molar-refractivity contribution < 1.29 is 9.59 Å². The van der Waals surface area contributed by atoms with Gasteiger partial charge in [-0.25, -0.2) is 10.9 Å². The van der Waals surface area contributed by atoms with E-state index in [2.05, 4.69) is 4.90 Å². The summed E-state index contributed by atoms with van der Waals surface area (Å²) in [6.45, 7) is 4.14. The van der Waals surface area contributed by atoms with Crippen LogP contribution in [0.15, 0.2) is 0 Å². The van der Waals surface area contributed by atoms with Crippen molar-refractivity contribution >= 4 is 11.8 Å². The minimum Gasteiger partial charge on any atom is -0.294 e. The number of piperidine rings is 1. The number of nitrogens with two attached hydrogens (primary N) is 1. The molecule has 1 aliphatic rings. The number of unbranched alkanes of at least 4 members (excludes halogenated alkanes) is 1. The molecule has 0 radical (unpaired) electrons. The first-order valence-corrected chi connectivity index (χ1v) is 6.48. The van der Waals surface area contributed by atoms with Crippen LogP contribution in [0.4, 0.5) is 0 Å². The third-order valence-corrected chi connectivity index (χ3v) is 3.09. The normalized spacial score (nSPS) is 16.8. The van der Waals surface area contributed by atoms with Gasteiger partial charge < -0.3 is 0 Å². The Morgan fingerprint density at radius 1 is 1.18 bits per heavy atom. The smallest absolute Gasteiger partial charge is 0.257 e. The highest BCUT2D eigenvalue weighted by Gasteiger charge is 2.20. The molecule has 17 heavy (non-hydrogen) atoms. The third kappa shape index (κ3) is 4.83. The standard InChI is InChI=1S/C12H23N3O2/c1-2-3-7-11(16)15(13)12(17)10-14-8-5-4-6-9-14/h2-10,13H2,1H3. The van der Waals surface area contributed by atoms with Crippen LogP contribution in [0.2, 0.25) is 0 Å². The number of amides is 2. The van der Waals surface area contributed by atoms with E-state index in [4.69, 9.17) is 5.84 Å². The molecule has 2 N–H and O–H groups in total. The summed E-state index contributed by atoms with van der Waals surface area (Å²) >= 11 is 0. The van der Waals surface area contributed by atoms with Crippen molar-refractivity contribution in [2.75, 3.05) is 19.6 Å². The van der Waals surface area contributed by atoms with Crippen LogP contribution in [0.5, 0.6) is 0 Å². The maximum Gasteiger partial charge on any atom is 0.257 e. The van der Waals surface area contributed by atoms with E-state index in [0.717, 1.165) is 43.8 Å². The van der Waals surface area contributed by atoms with E-state index in [9.17, 15) is 9.59 Å². The highest BCUT2D eigenvalue weighted by atomic mass is 16.2. The Kier molecular flexibility index (Phi) is 6.15. The fraction of sp³-hybridized carbons (Fsp3) is 0.833. The summed E-state index contributed by atoms with van der Waals surface area (Å²) in [6, 6.07) is 0. The minimum absolute atomic E-state index is 0.270. The average Bonchev–Trinajstić information content (AvgIpc) is 2.36. The maximum atomic E-state index is 11.8. The van der Waals surface area contributed by atoms with Gasteiger partial charge in [-0.15, -0.1) is 0 Å². The molecular weight excluding hydrogens is 218 g/mol. The van der Waals surface area contributed by atoms with Gasteiger partial charge >= 0.3 is 0 Å². The Bertz CT molecular complexity index is 262. The van der Waals surface area contributed by atoms with Crippen molar-refractivity contribution in [1.29, 1.82) is 0 Å². The average molecular weight is 241 g/mol. The molecule has 0 atom stereocenters. The van der Waals surface area contributed by atoms with Gasteiger partial charge in [0, 0.05) is 6.42 Å².